The molecule has 1 saturated heterocycles. The minimum Gasteiger partial charge on any atom is -0.398 e. The Hall–Kier alpha value is -1.42. The largest absolute Gasteiger partial charge is 0.398 e. The summed E-state index contributed by atoms with van der Waals surface area (Å²) in [6, 6.07) is 2.02. The van der Waals surface area contributed by atoms with Crippen molar-refractivity contribution in [1.29, 1.82) is 0 Å². The van der Waals surface area contributed by atoms with Crippen molar-refractivity contribution in [2.75, 3.05) is 12.3 Å². The third-order valence-electron chi connectivity index (χ3n) is 3.24. The van der Waals surface area contributed by atoms with Gasteiger partial charge in [-0.05, 0) is 26.0 Å². The molecule has 2 rings (SSSR count). The normalized spacial score (nSPS) is 24.6. The Morgan fingerprint density at radius 1 is 1.69 bits per heavy atom. The predicted octanol–water partition coefficient (Wildman–Crippen LogP) is 0.773. The number of Topliss-reactive ketones (excluding diaryl/α,β-unsaturated/α-hetero) is 1. The van der Waals surface area contributed by atoms with E-state index in [4.69, 9.17) is 5.73 Å². The van der Waals surface area contributed by atoms with Crippen LogP contribution in [0.15, 0.2) is 18.5 Å². The van der Waals surface area contributed by atoms with E-state index in [1.807, 2.05) is 0 Å². The molecule has 0 saturated carbocycles. The molecule has 16 heavy (non-hydrogen) atoms. The number of pyridine rings is 1. The van der Waals surface area contributed by atoms with E-state index in [2.05, 4.69) is 17.2 Å². The number of rotatable bonds is 3. The molecule has 1 fully saturated rings. The molecule has 4 heteroatoms. The van der Waals surface area contributed by atoms with Crippen molar-refractivity contribution >= 4 is 11.5 Å². The topological polar surface area (TPSA) is 68.0 Å². The highest BCUT2D eigenvalue weighted by Crippen LogP contribution is 2.20. The van der Waals surface area contributed by atoms with Gasteiger partial charge in [-0.25, -0.2) is 0 Å². The van der Waals surface area contributed by atoms with Crippen LogP contribution in [0, 0.1) is 5.92 Å². The molecule has 1 aromatic rings. The van der Waals surface area contributed by atoms with E-state index in [0.29, 0.717) is 12.1 Å². The second-order valence-corrected chi connectivity index (χ2v) is 4.36. The van der Waals surface area contributed by atoms with Crippen molar-refractivity contribution in [2.45, 2.75) is 25.8 Å². The lowest BCUT2D eigenvalue weighted by atomic mass is 9.92. The number of nitrogen functional groups attached to an aromatic ring is 1. The average Bonchev–Trinajstić information content (AvgIpc) is 2.68. The average molecular weight is 219 g/mol. The van der Waals surface area contributed by atoms with Crippen LogP contribution in [-0.2, 0) is 11.2 Å². The van der Waals surface area contributed by atoms with Gasteiger partial charge in [0.05, 0.1) is 0 Å². The minimum atomic E-state index is 0.125. The van der Waals surface area contributed by atoms with Crippen LogP contribution >= 0.6 is 0 Å². The first-order valence-electron chi connectivity index (χ1n) is 5.63. The summed E-state index contributed by atoms with van der Waals surface area (Å²) in [6.45, 7) is 2.99. The first kappa shape index (κ1) is 11.1. The minimum absolute atomic E-state index is 0.125. The quantitative estimate of drug-likeness (QED) is 0.788. The van der Waals surface area contributed by atoms with E-state index in [1.165, 1.54) is 0 Å². The van der Waals surface area contributed by atoms with Gasteiger partial charge >= 0.3 is 0 Å². The fourth-order valence-corrected chi connectivity index (χ4v) is 2.20. The zero-order valence-corrected chi connectivity index (χ0v) is 9.44. The second-order valence-electron chi connectivity index (χ2n) is 4.36. The maximum Gasteiger partial charge on any atom is 0.142 e. The zero-order chi connectivity index (χ0) is 11.5. The zero-order valence-electron chi connectivity index (χ0n) is 9.44. The third kappa shape index (κ3) is 2.22. The highest BCUT2D eigenvalue weighted by molar-refractivity contribution is 5.85. The van der Waals surface area contributed by atoms with Crippen LogP contribution < -0.4 is 11.1 Å². The van der Waals surface area contributed by atoms with E-state index in [0.717, 1.165) is 18.5 Å². The molecule has 0 bridgehead atoms. The van der Waals surface area contributed by atoms with Crippen molar-refractivity contribution in [3.05, 3.63) is 24.0 Å². The van der Waals surface area contributed by atoms with E-state index >= 15 is 0 Å². The van der Waals surface area contributed by atoms with Gasteiger partial charge in [0.2, 0.25) is 0 Å². The van der Waals surface area contributed by atoms with Crippen LogP contribution in [0.3, 0.4) is 0 Å². The van der Waals surface area contributed by atoms with Gasteiger partial charge in [-0.3, -0.25) is 9.78 Å². The van der Waals surface area contributed by atoms with Crippen LogP contribution in [0.4, 0.5) is 5.69 Å². The fraction of sp³-hybridized carbons (Fsp3) is 0.500. The summed E-state index contributed by atoms with van der Waals surface area (Å²) in [5, 5.41) is 3.28. The third-order valence-corrected chi connectivity index (χ3v) is 3.24. The smallest absolute Gasteiger partial charge is 0.142 e. The number of hydrogen-bond acceptors (Lipinski definition) is 4. The van der Waals surface area contributed by atoms with Crippen molar-refractivity contribution in [3.8, 4) is 0 Å². The molecular formula is C12H17N3O. The Morgan fingerprint density at radius 3 is 3.12 bits per heavy atom. The molecule has 1 aromatic heterocycles. The number of hydrogen-bond donors (Lipinski definition) is 2. The summed E-state index contributed by atoms with van der Waals surface area (Å²) in [5.41, 5.74) is 7.29. The Kier molecular flexibility index (Phi) is 3.19. The summed E-state index contributed by atoms with van der Waals surface area (Å²) >= 11 is 0. The van der Waals surface area contributed by atoms with Gasteiger partial charge in [0.1, 0.15) is 5.78 Å². The van der Waals surface area contributed by atoms with Crippen LogP contribution in [0.2, 0.25) is 0 Å². The summed E-state index contributed by atoms with van der Waals surface area (Å²) in [4.78, 5) is 16.1. The first-order valence-corrected chi connectivity index (χ1v) is 5.63. The molecule has 86 valence electrons. The molecule has 2 heterocycles. The van der Waals surface area contributed by atoms with E-state index in [9.17, 15) is 4.79 Å². The molecule has 4 nitrogen and oxygen atoms in total. The molecule has 0 spiro atoms. The highest BCUT2D eigenvalue weighted by atomic mass is 16.1. The number of nitrogens with one attached hydrogen (secondary N) is 1. The molecule has 0 aliphatic carbocycles. The number of anilines is 1. The van der Waals surface area contributed by atoms with Gasteiger partial charge in [0.25, 0.3) is 0 Å². The first-order chi connectivity index (χ1) is 7.68. The molecular weight excluding hydrogens is 202 g/mol. The van der Waals surface area contributed by atoms with E-state index in [1.54, 1.807) is 18.5 Å². The molecule has 2 atom stereocenters. The van der Waals surface area contributed by atoms with Gasteiger partial charge in [-0.2, -0.15) is 0 Å². The van der Waals surface area contributed by atoms with E-state index in [-0.39, 0.29) is 17.7 Å². The number of ketones is 1. The fourth-order valence-electron chi connectivity index (χ4n) is 2.20. The lowest BCUT2D eigenvalue weighted by Gasteiger charge is -2.14. The SMILES string of the molecule is CC1NCCC1C(=O)Cc1cnccc1N. The van der Waals surface area contributed by atoms with E-state index < -0.39 is 0 Å². The van der Waals surface area contributed by atoms with Gasteiger partial charge in [-0.15, -0.1) is 0 Å². The Bertz CT molecular complexity index is 392. The second kappa shape index (κ2) is 4.61. The maximum absolute atomic E-state index is 12.1. The lowest BCUT2D eigenvalue weighted by Crippen LogP contribution is -2.29. The van der Waals surface area contributed by atoms with Crippen LogP contribution in [0.25, 0.3) is 0 Å². The molecule has 3 N–H and O–H groups in total. The number of carbonyl (C=O) groups excluding carboxylic acids is 1. The van der Waals surface area contributed by atoms with Gasteiger partial charge in [0, 0.05) is 42.0 Å². The van der Waals surface area contributed by atoms with Crippen molar-refractivity contribution in [3.63, 3.8) is 0 Å². The monoisotopic (exact) mass is 219 g/mol. The standard InChI is InChI=1S/C12H17N3O/c1-8-10(2-5-15-8)12(16)6-9-7-14-4-3-11(9)13/h3-4,7-8,10,15H,2,5-6H2,1H3,(H2,13,14). The number of nitrogens with zero attached hydrogens (tertiary/aromatic N) is 1. The molecule has 1 aliphatic rings. The van der Waals surface area contributed by atoms with Gasteiger partial charge in [0.15, 0.2) is 0 Å². The van der Waals surface area contributed by atoms with Crippen LogP contribution in [0.5, 0.6) is 0 Å². The Balaban J connectivity index is 2.05. The molecule has 1 aliphatic heterocycles. The van der Waals surface area contributed by atoms with Crippen LogP contribution in [-0.4, -0.2) is 23.4 Å². The summed E-state index contributed by atoms with van der Waals surface area (Å²) < 4.78 is 0. The maximum atomic E-state index is 12.1. The van der Waals surface area contributed by atoms with Gasteiger partial charge in [-0.1, -0.05) is 0 Å². The molecule has 0 aromatic carbocycles. The van der Waals surface area contributed by atoms with Crippen LogP contribution in [0.1, 0.15) is 18.9 Å². The number of nitrogens with two attached hydrogens (primary N) is 1. The van der Waals surface area contributed by atoms with Crippen molar-refractivity contribution in [1.82, 2.24) is 10.3 Å². The Labute approximate surface area is 95.3 Å². The number of carbonyl (C=O) groups is 1. The Morgan fingerprint density at radius 2 is 2.50 bits per heavy atom. The number of aromatic nitrogens is 1. The van der Waals surface area contributed by atoms with Crippen molar-refractivity contribution in [2.24, 2.45) is 5.92 Å². The molecule has 2 unspecified atom stereocenters. The summed E-state index contributed by atoms with van der Waals surface area (Å²) in [7, 11) is 0. The predicted molar refractivity (Wildman–Crippen MR) is 62.9 cm³/mol. The molecule has 0 amide bonds. The van der Waals surface area contributed by atoms with Crippen molar-refractivity contribution < 1.29 is 4.79 Å². The van der Waals surface area contributed by atoms with Gasteiger partial charge < -0.3 is 11.1 Å². The lowest BCUT2D eigenvalue weighted by molar-refractivity contribution is -0.122. The summed E-state index contributed by atoms with van der Waals surface area (Å²) in [6.07, 6.45) is 4.65. The highest BCUT2D eigenvalue weighted by Gasteiger charge is 2.29. The summed E-state index contributed by atoms with van der Waals surface area (Å²) in [5.74, 6) is 0.386. The molecule has 0 radical (unpaired) electrons.